The Hall–Kier alpha value is -1.45. The molecule has 1 fully saturated rings. The van der Waals surface area contributed by atoms with Gasteiger partial charge in [0.05, 0.1) is 11.6 Å². The van der Waals surface area contributed by atoms with Crippen LogP contribution >= 0.6 is 0 Å². The van der Waals surface area contributed by atoms with Gasteiger partial charge in [-0.3, -0.25) is 4.98 Å². The van der Waals surface area contributed by atoms with Crippen molar-refractivity contribution in [3.05, 3.63) is 42.1 Å². The van der Waals surface area contributed by atoms with E-state index in [0.717, 1.165) is 29.4 Å². The first-order chi connectivity index (χ1) is 8.23. The van der Waals surface area contributed by atoms with Crippen LogP contribution in [0.5, 0.6) is 0 Å². The summed E-state index contributed by atoms with van der Waals surface area (Å²) in [7, 11) is 0. The number of hydrogen-bond donors (Lipinski definition) is 2. The molecular formula is C14H16N2O. The van der Waals surface area contributed by atoms with E-state index in [-0.39, 0.29) is 11.5 Å². The van der Waals surface area contributed by atoms with Crippen LogP contribution in [0.1, 0.15) is 18.5 Å². The van der Waals surface area contributed by atoms with Gasteiger partial charge in [-0.25, -0.2) is 0 Å². The van der Waals surface area contributed by atoms with Crippen LogP contribution in [0.4, 0.5) is 0 Å². The van der Waals surface area contributed by atoms with E-state index in [2.05, 4.69) is 17.1 Å². The molecule has 0 unspecified atom stereocenters. The SMILES string of the molecule is NCC1(c2ccc3ccccc3n2)CC(O)C1. The molecule has 1 heterocycles. The van der Waals surface area contributed by atoms with Crippen molar-refractivity contribution < 1.29 is 5.11 Å². The van der Waals surface area contributed by atoms with Crippen molar-refractivity contribution in [3.8, 4) is 0 Å². The number of benzene rings is 1. The van der Waals surface area contributed by atoms with Crippen molar-refractivity contribution in [1.82, 2.24) is 4.98 Å². The fourth-order valence-electron chi connectivity index (χ4n) is 2.68. The molecule has 0 aliphatic heterocycles. The quantitative estimate of drug-likeness (QED) is 0.820. The standard InChI is InChI=1S/C14H16N2O/c15-9-14(7-11(17)8-14)13-6-5-10-3-1-2-4-12(10)16-13/h1-6,11,17H,7-9,15H2. The van der Waals surface area contributed by atoms with Crippen LogP contribution < -0.4 is 5.73 Å². The van der Waals surface area contributed by atoms with E-state index in [1.54, 1.807) is 0 Å². The maximum atomic E-state index is 9.51. The van der Waals surface area contributed by atoms with Crippen LogP contribution in [0.2, 0.25) is 0 Å². The molecule has 3 heteroatoms. The van der Waals surface area contributed by atoms with Crippen molar-refractivity contribution in [2.24, 2.45) is 5.73 Å². The first kappa shape index (κ1) is 10.7. The minimum absolute atomic E-state index is 0.108. The highest BCUT2D eigenvalue weighted by molar-refractivity contribution is 5.78. The minimum Gasteiger partial charge on any atom is -0.393 e. The first-order valence-corrected chi connectivity index (χ1v) is 5.98. The van der Waals surface area contributed by atoms with E-state index < -0.39 is 0 Å². The van der Waals surface area contributed by atoms with Crippen molar-refractivity contribution >= 4 is 10.9 Å². The van der Waals surface area contributed by atoms with Gasteiger partial charge in [0.2, 0.25) is 0 Å². The third-order valence-corrected chi connectivity index (χ3v) is 3.79. The highest BCUT2D eigenvalue weighted by Crippen LogP contribution is 2.42. The molecule has 1 aromatic heterocycles. The average molecular weight is 228 g/mol. The summed E-state index contributed by atoms with van der Waals surface area (Å²) in [6.07, 6.45) is 1.25. The second kappa shape index (κ2) is 3.79. The predicted octanol–water partition coefficient (Wildman–Crippen LogP) is 1.59. The van der Waals surface area contributed by atoms with E-state index in [1.807, 2.05) is 24.3 Å². The van der Waals surface area contributed by atoms with Crippen LogP contribution in [0.15, 0.2) is 36.4 Å². The molecule has 1 saturated carbocycles. The number of aliphatic hydroxyl groups excluding tert-OH is 1. The van der Waals surface area contributed by atoms with E-state index in [9.17, 15) is 5.11 Å². The molecule has 3 nitrogen and oxygen atoms in total. The molecule has 0 amide bonds. The average Bonchev–Trinajstić information content (AvgIpc) is 2.34. The molecule has 88 valence electrons. The Balaban J connectivity index is 2.06. The lowest BCUT2D eigenvalue weighted by molar-refractivity contribution is 0.0202. The molecular weight excluding hydrogens is 212 g/mol. The highest BCUT2D eigenvalue weighted by atomic mass is 16.3. The number of para-hydroxylation sites is 1. The summed E-state index contributed by atoms with van der Waals surface area (Å²) in [6.45, 7) is 0.551. The second-order valence-corrected chi connectivity index (χ2v) is 4.94. The molecule has 17 heavy (non-hydrogen) atoms. The normalized spacial score (nSPS) is 28.0. The van der Waals surface area contributed by atoms with Gasteiger partial charge in [-0.2, -0.15) is 0 Å². The van der Waals surface area contributed by atoms with Gasteiger partial charge in [-0.15, -0.1) is 0 Å². The van der Waals surface area contributed by atoms with E-state index in [0.29, 0.717) is 6.54 Å². The summed E-state index contributed by atoms with van der Waals surface area (Å²) in [5.41, 5.74) is 7.77. The van der Waals surface area contributed by atoms with Gasteiger partial charge in [-0.1, -0.05) is 24.3 Å². The van der Waals surface area contributed by atoms with Crippen molar-refractivity contribution in [2.75, 3.05) is 6.54 Å². The molecule has 1 aromatic carbocycles. The zero-order valence-corrected chi connectivity index (χ0v) is 9.63. The topological polar surface area (TPSA) is 59.1 Å². The lowest BCUT2D eigenvalue weighted by Gasteiger charge is -2.44. The molecule has 0 radical (unpaired) electrons. The second-order valence-electron chi connectivity index (χ2n) is 4.94. The number of aromatic nitrogens is 1. The van der Waals surface area contributed by atoms with E-state index in [4.69, 9.17) is 5.73 Å². The molecule has 0 saturated heterocycles. The molecule has 3 N–H and O–H groups in total. The smallest absolute Gasteiger partial charge is 0.0705 e. The zero-order valence-electron chi connectivity index (χ0n) is 9.63. The van der Waals surface area contributed by atoms with Crippen LogP contribution in [0.25, 0.3) is 10.9 Å². The fraction of sp³-hybridized carbons (Fsp3) is 0.357. The summed E-state index contributed by atoms with van der Waals surface area (Å²) in [5, 5.41) is 10.6. The summed E-state index contributed by atoms with van der Waals surface area (Å²) >= 11 is 0. The van der Waals surface area contributed by atoms with Crippen molar-refractivity contribution in [2.45, 2.75) is 24.4 Å². The fourth-order valence-corrected chi connectivity index (χ4v) is 2.68. The molecule has 0 bridgehead atoms. The lowest BCUT2D eigenvalue weighted by atomic mass is 9.64. The number of pyridine rings is 1. The molecule has 2 aromatic rings. The van der Waals surface area contributed by atoms with Gasteiger partial charge in [0.1, 0.15) is 0 Å². The monoisotopic (exact) mass is 228 g/mol. The number of nitrogens with two attached hydrogens (primary N) is 1. The van der Waals surface area contributed by atoms with Crippen LogP contribution in [0, 0.1) is 0 Å². The van der Waals surface area contributed by atoms with Crippen LogP contribution in [-0.4, -0.2) is 22.7 Å². The number of fused-ring (bicyclic) bond motifs is 1. The van der Waals surface area contributed by atoms with E-state index >= 15 is 0 Å². The maximum absolute atomic E-state index is 9.51. The van der Waals surface area contributed by atoms with Gasteiger partial charge in [0.25, 0.3) is 0 Å². The van der Waals surface area contributed by atoms with E-state index in [1.165, 1.54) is 0 Å². The van der Waals surface area contributed by atoms with Gasteiger partial charge >= 0.3 is 0 Å². The first-order valence-electron chi connectivity index (χ1n) is 5.98. The predicted molar refractivity (Wildman–Crippen MR) is 67.7 cm³/mol. The Kier molecular flexibility index (Phi) is 2.38. The van der Waals surface area contributed by atoms with Crippen molar-refractivity contribution in [1.29, 1.82) is 0 Å². The Morgan fingerprint density at radius 3 is 2.71 bits per heavy atom. The molecule has 1 aliphatic rings. The van der Waals surface area contributed by atoms with Crippen molar-refractivity contribution in [3.63, 3.8) is 0 Å². The lowest BCUT2D eigenvalue weighted by Crippen LogP contribution is -2.50. The summed E-state index contributed by atoms with van der Waals surface area (Å²) in [6, 6.07) is 12.2. The number of aliphatic hydroxyl groups is 1. The van der Waals surface area contributed by atoms with Gasteiger partial charge < -0.3 is 10.8 Å². The van der Waals surface area contributed by atoms with Gasteiger partial charge in [-0.05, 0) is 25.0 Å². The Labute approximate surface area is 100 Å². The third-order valence-electron chi connectivity index (χ3n) is 3.79. The summed E-state index contributed by atoms with van der Waals surface area (Å²) in [4.78, 5) is 4.68. The number of rotatable bonds is 2. The Morgan fingerprint density at radius 1 is 1.24 bits per heavy atom. The summed E-state index contributed by atoms with van der Waals surface area (Å²) < 4.78 is 0. The largest absolute Gasteiger partial charge is 0.393 e. The summed E-state index contributed by atoms with van der Waals surface area (Å²) in [5.74, 6) is 0. The minimum atomic E-state index is -0.216. The Bertz CT molecular complexity index is 547. The van der Waals surface area contributed by atoms with Gasteiger partial charge in [0.15, 0.2) is 0 Å². The highest BCUT2D eigenvalue weighted by Gasteiger charge is 2.44. The number of nitrogens with zero attached hydrogens (tertiary/aromatic N) is 1. The van der Waals surface area contributed by atoms with Crippen LogP contribution in [-0.2, 0) is 5.41 Å². The zero-order chi connectivity index (χ0) is 11.9. The molecule has 0 atom stereocenters. The maximum Gasteiger partial charge on any atom is 0.0705 e. The number of hydrogen-bond acceptors (Lipinski definition) is 3. The third kappa shape index (κ3) is 1.63. The Morgan fingerprint density at radius 2 is 2.00 bits per heavy atom. The molecule has 3 rings (SSSR count). The van der Waals surface area contributed by atoms with Crippen LogP contribution in [0.3, 0.4) is 0 Å². The molecule has 1 aliphatic carbocycles. The van der Waals surface area contributed by atoms with Gasteiger partial charge in [0, 0.05) is 23.0 Å². The molecule has 0 spiro atoms.